The predicted molar refractivity (Wildman–Crippen MR) is 109 cm³/mol. The van der Waals surface area contributed by atoms with E-state index in [2.05, 4.69) is 10.6 Å². The number of carbonyl (C=O) groups excluding carboxylic acids is 4. The predicted octanol–water partition coefficient (Wildman–Crippen LogP) is 1.52. The number of amides is 3. The van der Waals surface area contributed by atoms with Crippen LogP contribution in [-0.4, -0.2) is 67.3 Å². The van der Waals surface area contributed by atoms with Crippen molar-refractivity contribution in [3.63, 3.8) is 0 Å². The molecule has 8 nitrogen and oxygen atoms in total. The van der Waals surface area contributed by atoms with E-state index in [1.165, 1.54) is 18.9 Å². The van der Waals surface area contributed by atoms with E-state index in [1.807, 2.05) is 6.26 Å². The second-order valence-corrected chi connectivity index (χ2v) is 7.13. The number of thioether (sulfide) groups is 1. The van der Waals surface area contributed by atoms with Crippen LogP contribution in [0.1, 0.15) is 30.1 Å². The molecule has 1 atom stereocenters. The zero-order chi connectivity index (χ0) is 21.1. The summed E-state index contributed by atoms with van der Waals surface area (Å²) in [4.78, 5) is 48.7. The third-order valence-corrected chi connectivity index (χ3v) is 4.69. The molecule has 0 fully saturated rings. The summed E-state index contributed by atoms with van der Waals surface area (Å²) in [5, 5.41) is 5.38. The molecule has 3 amide bonds. The molecule has 0 aliphatic carbocycles. The summed E-state index contributed by atoms with van der Waals surface area (Å²) in [6, 6.07) is 5.64. The highest BCUT2D eigenvalue weighted by Crippen LogP contribution is 2.11. The molecule has 1 aromatic carbocycles. The summed E-state index contributed by atoms with van der Waals surface area (Å²) in [5.41, 5.74) is 0.909. The molecule has 0 heterocycles. The quantitative estimate of drug-likeness (QED) is 0.568. The van der Waals surface area contributed by atoms with Crippen molar-refractivity contribution in [3.8, 4) is 0 Å². The van der Waals surface area contributed by atoms with Crippen LogP contribution in [0.5, 0.6) is 0 Å². The maximum absolute atomic E-state index is 12.4. The van der Waals surface area contributed by atoms with Gasteiger partial charge >= 0.3 is 5.97 Å². The second kappa shape index (κ2) is 12.0. The van der Waals surface area contributed by atoms with E-state index in [4.69, 9.17) is 4.74 Å². The van der Waals surface area contributed by atoms with Gasteiger partial charge in [0, 0.05) is 38.2 Å². The average Bonchev–Trinajstić information content (AvgIpc) is 2.68. The lowest BCUT2D eigenvalue weighted by molar-refractivity contribution is -0.143. The van der Waals surface area contributed by atoms with E-state index in [-0.39, 0.29) is 18.2 Å². The number of hydrogen-bond acceptors (Lipinski definition) is 6. The third-order valence-electron chi connectivity index (χ3n) is 4.04. The summed E-state index contributed by atoms with van der Waals surface area (Å²) >= 11 is 1.57. The Labute approximate surface area is 169 Å². The van der Waals surface area contributed by atoms with Gasteiger partial charge in [0.15, 0.2) is 0 Å². The van der Waals surface area contributed by atoms with E-state index in [9.17, 15) is 19.2 Å². The number of ether oxygens (including phenoxy) is 1. The first-order valence-corrected chi connectivity index (χ1v) is 10.2. The fourth-order valence-electron chi connectivity index (χ4n) is 2.22. The van der Waals surface area contributed by atoms with Crippen LogP contribution < -0.4 is 10.6 Å². The standard InChI is InChI=1S/C19H27N3O5S/c1-13(23)22(2)11-9-17(24)20-15-7-5-14(6-8-15)18(25)21-16(10-12-28-4)19(26)27-3/h5-8,16H,9-12H2,1-4H3,(H,20,24)(H,21,25)/t16-/m1/s1. The molecule has 0 saturated carbocycles. The monoisotopic (exact) mass is 409 g/mol. The molecule has 0 bridgehead atoms. The first-order valence-electron chi connectivity index (χ1n) is 8.77. The van der Waals surface area contributed by atoms with Gasteiger partial charge in [-0.05, 0) is 42.7 Å². The number of anilines is 1. The Morgan fingerprint density at radius 1 is 1.18 bits per heavy atom. The molecule has 0 unspecified atom stereocenters. The van der Waals surface area contributed by atoms with Crippen molar-refractivity contribution in [3.05, 3.63) is 29.8 Å². The zero-order valence-corrected chi connectivity index (χ0v) is 17.4. The van der Waals surface area contributed by atoms with Crippen molar-refractivity contribution in [2.75, 3.05) is 38.0 Å². The van der Waals surface area contributed by atoms with E-state index in [0.29, 0.717) is 30.0 Å². The minimum Gasteiger partial charge on any atom is -0.467 e. The summed E-state index contributed by atoms with van der Waals surface area (Å²) in [7, 11) is 2.91. The molecule has 0 saturated heterocycles. The van der Waals surface area contributed by atoms with E-state index in [1.54, 1.807) is 43.1 Å². The molecule has 0 radical (unpaired) electrons. The topological polar surface area (TPSA) is 105 Å². The van der Waals surface area contributed by atoms with Gasteiger partial charge in [-0.15, -0.1) is 0 Å². The summed E-state index contributed by atoms with van der Waals surface area (Å²) in [5.74, 6) is -0.498. The SMILES string of the molecule is COC(=O)[C@@H](CCSC)NC(=O)c1ccc(NC(=O)CCN(C)C(C)=O)cc1. The number of benzene rings is 1. The van der Waals surface area contributed by atoms with Crippen molar-refractivity contribution < 1.29 is 23.9 Å². The summed E-state index contributed by atoms with van der Waals surface area (Å²) in [6.07, 6.45) is 2.57. The number of esters is 1. The fraction of sp³-hybridized carbons (Fsp3) is 0.474. The number of carbonyl (C=O) groups is 4. The molecule has 2 N–H and O–H groups in total. The van der Waals surface area contributed by atoms with Gasteiger partial charge in [0.1, 0.15) is 6.04 Å². The maximum atomic E-state index is 12.4. The average molecular weight is 410 g/mol. The van der Waals surface area contributed by atoms with Crippen LogP contribution in [0.15, 0.2) is 24.3 Å². The Morgan fingerprint density at radius 2 is 1.82 bits per heavy atom. The van der Waals surface area contributed by atoms with Crippen LogP contribution >= 0.6 is 11.8 Å². The number of nitrogens with one attached hydrogen (secondary N) is 2. The van der Waals surface area contributed by atoms with Gasteiger partial charge in [-0.25, -0.2) is 4.79 Å². The lowest BCUT2D eigenvalue weighted by atomic mass is 10.1. The molecule has 1 aromatic rings. The Balaban J connectivity index is 2.62. The zero-order valence-electron chi connectivity index (χ0n) is 16.6. The molecular weight excluding hydrogens is 382 g/mol. The molecule has 0 spiro atoms. The van der Waals surface area contributed by atoms with Gasteiger partial charge in [-0.3, -0.25) is 14.4 Å². The maximum Gasteiger partial charge on any atom is 0.328 e. The molecule has 28 heavy (non-hydrogen) atoms. The highest BCUT2D eigenvalue weighted by atomic mass is 32.2. The van der Waals surface area contributed by atoms with Crippen molar-refractivity contribution in [2.45, 2.75) is 25.8 Å². The molecule has 0 aromatic heterocycles. The van der Waals surface area contributed by atoms with Gasteiger partial charge in [-0.2, -0.15) is 11.8 Å². The normalized spacial score (nSPS) is 11.3. The summed E-state index contributed by atoms with van der Waals surface area (Å²) < 4.78 is 4.73. The van der Waals surface area contributed by atoms with E-state index < -0.39 is 17.9 Å². The van der Waals surface area contributed by atoms with Gasteiger partial charge in [0.25, 0.3) is 5.91 Å². The fourth-order valence-corrected chi connectivity index (χ4v) is 2.70. The van der Waals surface area contributed by atoms with Crippen LogP contribution in [0.3, 0.4) is 0 Å². The Kier molecular flexibility index (Phi) is 10.1. The van der Waals surface area contributed by atoms with Crippen LogP contribution in [0, 0.1) is 0 Å². The highest BCUT2D eigenvalue weighted by Gasteiger charge is 2.21. The van der Waals surface area contributed by atoms with Crippen molar-refractivity contribution in [1.29, 1.82) is 0 Å². The Hall–Kier alpha value is -2.55. The molecular formula is C19H27N3O5S. The second-order valence-electron chi connectivity index (χ2n) is 6.15. The van der Waals surface area contributed by atoms with Crippen molar-refractivity contribution in [1.82, 2.24) is 10.2 Å². The van der Waals surface area contributed by atoms with Crippen LogP contribution in [0.4, 0.5) is 5.69 Å². The van der Waals surface area contributed by atoms with Gasteiger partial charge in [0.2, 0.25) is 11.8 Å². The minimum absolute atomic E-state index is 0.106. The van der Waals surface area contributed by atoms with Crippen molar-refractivity contribution in [2.24, 2.45) is 0 Å². The highest BCUT2D eigenvalue weighted by molar-refractivity contribution is 7.98. The van der Waals surface area contributed by atoms with E-state index >= 15 is 0 Å². The largest absolute Gasteiger partial charge is 0.467 e. The lowest BCUT2D eigenvalue weighted by Gasteiger charge is -2.16. The molecule has 0 aliphatic rings. The van der Waals surface area contributed by atoms with Gasteiger partial charge < -0.3 is 20.3 Å². The molecule has 154 valence electrons. The van der Waals surface area contributed by atoms with E-state index in [0.717, 1.165) is 0 Å². The molecule has 0 aliphatic heterocycles. The Morgan fingerprint density at radius 3 is 2.36 bits per heavy atom. The first-order chi connectivity index (χ1) is 13.3. The smallest absolute Gasteiger partial charge is 0.328 e. The van der Waals surface area contributed by atoms with Gasteiger partial charge in [0.05, 0.1) is 7.11 Å². The van der Waals surface area contributed by atoms with Crippen molar-refractivity contribution >= 4 is 41.1 Å². The van der Waals surface area contributed by atoms with Crippen LogP contribution in [0.2, 0.25) is 0 Å². The molecule has 9 heteroatoms. The Bertz CT molecular complexity index is 693. The van der Waals surface area contributed by atoms with Crippen LogP contribution in [-0.2, 0) is 19.1 Å². The molecule has 1 rings (SSSR count). The number of methoxy groups -OCH3 is 1. The number of hydrogen-bond donors (Lipinski definition) is 2. The first kappa shape index (κ1) is 23.5. The van der Waals surface area contributed by atoms with Crippen LogP contribution in [0.25, 0.3) is 0 Å². The lowest BCUT2D eigenvalue weighted by Crippen LogP contribution is -2.41. The number of rotatable bonds is 10. The summed E-state index contributed by atoms with van der Waals surface area (Å²) in [6.45, 7) is 1.76. The third kappa shape index (κ3) is 7.99. The number of nitrogens with zero attached hydrogens (tertiary/aromatic N) is 1. The van der Waals surface area contributed by atoms with Gasteiger partial charge in [-0.1, -0.05) is 0 Å². The minimum atomic E-state index is -0.706.